The molecule has 0 fully saturated rings. The second-order valence-electron chi connectivity index (χ2n) is 3.89. The Bertz CT molecular complexity index is 420. The zero-order chi connectivity index (χ0) is 12.0. The smallest absolute Gasteiger partial charge is 0.0991 e. The molecule has 0 aliphatic carbocycles. The number of benzene rings is 1. The van der Waals surface area contributed by atoms with Crippen molar-refractivity contribution in [2.45, 2.75) is 32.4 Å². The Morgan fingerprint density at radius 3 is 2.75 bits per heavy atom. The van der Waals surface area contributed by atoms with Gasteiger partial charge in [0.2, 0.25) is 0 Å². The van der Waals surface area contributed by atoms with Gasteiger partial charge in [-0.1, -0.05) is 19.4 Å². The van der Waals surface area contributed by atoms with Gasteiger partial charge in [0.25, 0.3) is 0 Å². The van der Waals surface area contributed by atoms with Crippen molar-refractivity contribution in [3.8, 4) is 6.07 Å². The first-order chi connectivity index (χ1) is 7.67. The molecule has 3 heteroatoms. The van der Waals surface area contributed by atoms with Crippen molar-refractivity contribution in [3.05, 3.63) is 34.9 Å². The number of nitrogens with zero attached hydrogens (tertiary/aromatic N) is 1. The van der Waals surface area contributed by atoms with E-state index in [1.54, 1.807) is 6.07 Å². The molecule has 0 aliphatic heterocycles. The van der Waals surface area contributed by atoms with E-state index in [1.807, 2.05) is 19.1 Å². The van der Waals surface area contributed by atoms with Gasteiger partial charge in [-0.15, -0.1) is 0 Å². The van der Waals surface area contributed by atoms with Crippen LogP contribution in [0.15, 0.2) is 18.2 Å². The quantitative estimate of drug-likeness (QED) is 0.787. The highest BCUT2D eigenvalue weighted by atomic mass is 32.2. The van der Waals surface area contributed by atoms with E-state index >= 15 is 0 Å². The molecule has 1 aromatic rings. The van der Waals surface area contributed by atoms with Crippen LogP contribution in [0.5, 0.6) is 0 Å². The van der Waals surface area contributed by atoms with E-state index in [0.29, 0.717) is 11.3 Å². The van der Waals surface area contributed by atoms with Crippen molar-refractivity contribution in [2.24, 2.45) is 0 Å². The van der Waals surface area contributed by atoms with E-state index in [0.717, 1.165) is 29.7 Å². The van der Waals surface area contributed by atoms with Crippen LogP contribution in [0.2, 0.25) is 0 Å². The van der Waals surface area contributed by atoms with E-state index in [2.05, 4.69) is 13.0 Å². The third-order valence-electron chi connectivity index (χ3n) is 2.51. The summed E-state index contributed by atoms with van der Waals surface area (Å²) in [5.74, 6) is 1.38. The maximum atomic E-state index is 11.7. The minimum Gasteiger partial charge on any atom is -0.259 e. The zero-order valence-electron chi connectivity index (χ0n) is 9.82. The first-order valence-corrected chi connectivity index (χ1v) is 7.00. The summed E-state index contributed by atoms with van der Waals surface area (Å²) in [7, 11) is -0.773. The second-order valence-corrected chi connectivity index (χ2v) is 5.47. The summed E-state index contributed by atoms with van der Waals surface area (Å²) < 4.78 is 11.7. The first kappa shape index (κ1) is 12.9. The van der Waals surface area contributed by atoms with E-state index in [-0.39, 0.29) is 0 Å². The van der Waals surface area contributed by atoms with E-state index in [1.165, 1.54) is 0 Å². The number of rotatable bonds is 5. The normalized spacial score (nSPS) is 12.1. The molecule has 0 radical (unpaired) electrons. The molecular weight excluding hydrogens is 218 g/mol. The minimum absolute atomic E-state index is 0.609. The molecule has 1 aromatic carbocycles. The zero-order valence-corrected chi connectivity index (χ0v) is 10.6. The van der Waals surface area contributed by atoms with Crippen molar-refractivity contribution < 1.29 is 4.21 Å². The van der Waals surface area contributed by atoms with Gasteiger partial charge < -0.3 is 0 Å². The van der Waals surface area contributed by atoms with Gasteiger partial charge in [-0.3, -0.25) is 4.21 Å². The lowest BCUT2D eigenvalue weighted by Crippen LogP contribution is -2.02. The summed E-state index contributed by atoms with van der Waals surface area (Å²) in [6.45, 7) is 4.07. The van der Waals surface area contributed by atoms with Gasteiger partial charge in [0.1, 0.15) is 0 Å². The molecule has 0 aliphatic rings. The molecule has 0 amide bonds. The van der Waals surface area contributed by atoms with Crippen LogP contribution in [-0.4, -0.2) is 9.96 Å². The van der Waals surface area contributed by atoms with E-state index < -0.39 is 10.8 Å². The van der Waals surface area contributed by atoms with Crippen LogP contribution in [0, 0.1) is 18.3 Å². The van der Waals surface area contributed by atoms with Gasteiger partial charge in [0.05, 0.1) is 11.6 Å². The van der Waals surface area contributed by atoms with Gasteiger partial charge in [-0.2, -0.15) is 5.26 Å². The Labute approximate surface area is 99.8 Å². The molecule has 1 atom stereocenters. The van der Waals surface area contributed by atoms with Crippen LogP contribution in [0.1, 0.15) is 36.5 Å². The van der Waals surface area contributed by atoms with Gasteiger partial charge >= 0.3 is 0 Å². The Morgan fingerprint density at radius 1 is 1.44 bits per heavy atom. The summed E-state index contributed by atoms with van der Waals surface area (Å²) >= 11 is 0. The van der Waals surface area contributed by atoms with E-state index in [4.69, 9.17) is 5.26 Å². The maximum absolute atomic E-state index is 11.7. The Hall–Kier alpha value is -1.14. The molecule has 1 rings (SSSR count). The van der Waals surface area contributed by atoms with Crippen LogP contribution in [0.3, 0.4) is 0 Å². The number of unbranched alkanes of at least 4 members (excludes halogenated alkanes) is 1. The number of hydrogen-bond acceptors (Lipinski definition) is 2. The molecule has 0 N–H and O–H groups in total. The first-order valence-electron chi connectivity index (χ1n) is 5.52. The van der Waals surface area contributed by atoms with Crippen molar-refractivity contribution >= 4 is 10.8 Å². The highest BCUT2D eigenvalue weighted by molar-refractivity contribution is 7.84. The topological polar surface area (TPSA) is 40.9 Å². The monoisotopic (exact) mass is 235 g/mol. The maximum Gasteiger partial charge on any atom is 0.0991 e. The van der Waals surface area contributed by atoms with E-state index in [9.17, 15) is 4.21 Å². The lowest BCUT2D eigenvalue weighted by molar-refractivity contribution is 0.679. The SMILES string of the molecule is CCCCS(=O)Cc1ccc(C#N)cc1C. The van der Waals surface area contributed by atoms with Crippen molar-refractivity contribution in [3.63, 3.8) is 0 Å². The standard InChI is InChI=1S/C13H17NOS/c1-3-4-7-16(15)10-13-6-5-12(9-14)8-11(13)2/h5-6,8H,3-4,7,10H2,1-2H3. The van der Waals surface area contributed by atoms with Crippen molar-refractivity contribution in [1.29, 1.82) is 5.26 Å². The molecule has 0 bridgehead atoms. The van der Waals surface area contributed by atoms with Crippen LogP contribution < -0.4 is 0 Å². The number of aryl methyl sites for hydroxylation is 1. The van der Waals surface area contributed by atoms with Gasteiger partial charge in [0, 0.05) is 22.3 Å². The third kappa shape index (κ3) is 3.79. The Balaban J connectivity index is 2.68. The van der Waals surface area contributed by atoms with Gasteiger partial charge in [-0.05, 0) is 36.6 Å². The lowest BCUT2D eigenvalue weighted by Gasteiger charge is -2.05. The summed E-state index contributed by atoms with van der Waals surface area (Å²) in [6, 6.07) is 7.67. The van der Waals surface area contributed by atoms with Crippen LogP contribution in [0.25, 0.3) is 0 Å². The molecule has 1 unspecified atom stereocenters. The van der Waals surface area contributed by atoms with Crippen LogP contribution in [0.4, 0.5) is 0 Å². The highest BCUT2D eigenvalue weighted by Crippen LogP contribution is 2.13. The third-order valence-corrected chi connectivity index (χ3v) is 3.89. The summed E-state index contributed by atoms with van der Waals surface area (Å²) in [5.41, 5.74) is 2.82. The molecule has 2 nitrogen and oxygen atoms in total. The fourth-order valence-electron chi connectivity index (χ4n) is 1.48. The molecule has 0 heterocycles. The predicted molar refractivity (Wildman–Crippen MR) is 67.5 cm³/mol. The summed E-state index contributed by atoms with van der Waals surface area (Å²) in [6.07, 6.45) is 2.10. The summed E-state index contributed by atoms with van der Waals surface area (Å²) in [4.78, 5) is 0. The molecule has 0 spiro atoms. The van der Waals surface area contributed by atoms with Gasteiger partial charge in [0.15, 0.2) is 0 Å². The minimum atomic E-state index is -0.773. The highest BCUT2D eigenvalue weighted by Gasteiger charge is 2.04. The largest absolute Gasteiger partial charge is 0.259 e. The Morgan fingerprint density at radius 2 is 2.19 bits per heavy atom. The van der Waals surface area contributed by atoms with Crippen molar-refractivity contribution in [1.82, 2.24) is 0 Å². The predicted octanol–water partition coefficient (Wildman–Crippen LogP) is 2.92. The Kier molecular flexibility index (Phi) is 5.21. The van der Waals surface area contributed by atoms with Crippen LogP contribution >= 0.6 is 0 Å². The second kappa shape index (κ2) is 6.44. The average molecular weight is 235 g/mol. The van der Waals surface area contributed by atoms with Gasteiger partial charge in [-0.25, -0.2) is 0 Å². The lowest BCUT2D eigenvalue weighted by atomic mass is 10.1. The summed E-state index contributed by atoms with van der Waals surface area (Å²) in [5, 5.41) is 8.74. The number of nitriles is 1. The molecule has 0 aromatic heterocycles. The van der Waals surface area contributed by atoms with Crippen LogP contribution in [-0.2, 0) is 16.6 Å². The molecular formula is C13H17NOS. The number of hydrogen-bond donors (Lipinski definition) is 0. The fraction of sp³-hybridized carbons (Fsp3) is 0.462. The molecule has 0 saturated heterocycles. The molecule has 86 valence electrons. The fourth-order valence-corrected chi connectivity index (χ4v) is 2.90. The van der Waals surface area contributed by atoms with Crippen molar-refractivity contribution in [2.75, 3.05) is 5.75 Å². The average Bonchev–Trinajstić information content (AvgIpc) is 2.29. The molecule has 0 saturated carbocycles. The molecule has 16 heavy (non-hydrogen) atoms.